The van der Waals surface area contributed by atoms with Crippen molar-refractivity contribution in [2.45, 2.75) is 0 Å². The molecule has 84 valence electrons. The minimum atomic E-state index is 0.873. The van der Waals surface area contributed by atoms with Crippen LogP contribution in [0.2, 0.25) is 0 Å². The molecule has 3 nitrogen and oxygen atoms in total. The van der Waals surface area contributed by atoms with Crippen molar-refractivity contribution in [2.75, 3.05) is 26.1 Å². The second kappa shape index (κ2) is 4.53. The first-order valence-corrected chi connectivity index (χ1v) is 5.80. The van der Waals surface area contributed by atoms with E-state index in [1.807, 2.05) is 43.4 Å². The number of aromatic nitrogens is 1. The fourth-order valence-corrected chi connectivity index (χ4v) is 2.22. The predicted molar refractivity (Wildman–Crippen MR) is 68.4 cm³/mol. The Bertz CT molecular complexity index is 479. The second-order valence-corrected chi connectivity index (χ2v) is 4.64. The molecule has 0 atom stereocenters. The molecule has 16 heavy (non-hydrogen) atoms. The molecule has 0 N–H and O–H groups in total. The largest absolute Gasteiger partial charge is 0.497 e. The third-order valence-electron chi connectivity index (χ3n) is 2.23. The maximum atomic E-state index is 5.20. The normalized spacial score (nSPS) is 10.2. The van der Waals surface area contributed by atoms with Crippen LogP contribution in [0, 0.1) is 0 Å². The molecule has 0 radical (unpaired) electrons. The van der Waals surface area contributed by atoms with Crippen LogP contribution >= 0.6 is 11.3 Å². The molecule has 0 bridgehead atoms. The van der Waals surface area contributed by atoms with E-state index in [-0.39, 0.29) is 0 Å². The molecule has 4 heteroatoms. The summed E-state index contributed by atoms with van der Waals surface area (Å²) < 4.78 is 5.20. The number of thiazole rings is 1. The summed E-state index contributed by atoms with van der Waals surface area (Å²) in [6.45, 7) is 0. The monoisotopic (exact) mass is 234 g/mol. The summed E-state index contributed by atoms with van der Waals surface area (Å²) in [4.78, 5) is 7.51. The van der Waals surface area contributed by atoms with Gasteiger partial charge in [0.05, 0.1) is 12.0 Å². The Morgan fingerprint density at radius 2 is 2.12 bits per heavy atom. The zero-order chi connectivity index (χ0) is 11.5. The van der Waals surface area contributed by atoms with Crippen molar-refractivity contribution in [3.63, 3.8) is 0 Å². The van der Waals surface area contributed by atoms with E-state index in [0.29, 0.717) is 0 Å². The van der Waals surface area contributed by atoms with Gasteiger partial charge in [-0.1, -0.05) is 23.5 Å². The third kappa shape index (κ3) is 2.17. The smallest absolute Gasteiger partial charge is 0.185 e. The summed E-state index contributed by atoms with van der Waals surface area (Å²) in [7, 11) is 5.67. The van der Waals surface area contributed by atoms with Gasteiger partial charge in [0.15, 0.2) is 5.13 Å². The van der Waals surface area contributed by atoms with Crippen LogP contribution < -0.4 is 9.64 Å². The van der Waals surface area contributed by atoms with Crippen LogP contribution in [-0.4, -0.2) is 26.2 Å². The summed E-state index contributed by atoms with van der Waals surface area (Å²) in [5.41, 5.74) is 1.14. The highest BCUT2D eigenvalue weighted by Crippen LogP contribution is 2.31. The lowest BCUT2D eigenvalue weighted by Crippen LogP contribution is -2.07. The Balaban J connectivity index is 2.34. The quantitative estimate of drug-likeness (QED) is 0.816. The molecule has 1 aromatic heterocycles. The zero-order valence-corrected chi connectivity index (χ0v) is 10.4. The summed E-state index contributed by atoms with van der Waals surface area (Å²) >= 11 is 1.67. The Morgan fingerprint density at radius 3 is 2.75 bits per heavy atom. The van der Waals surface area contributed by atoms with Crippen molar-refractivity contribution in [3.8, 4) is 16.2 Å². The van der Waals surface area contributed by atoms with Crippen LogP contribution in [0.25, 0.3) is 10.4 Å². The average Bonchev–Trinajstić information content (AvgIpc) is 2.78. The molecule has 0 unspecified atom stereocenters. The molecule has 1 aromatic carbocycles. The molecule has 0 saturated heterocycles. The summed E-state index contributed by atoms with van der Waals surface area (Å²) in [6, 6.07) is 8.02. The van der Waals surface area contributed by atoms with Crippen LogP contribution in [0.1, 0.15) is 0 Å². The zero-order valence-electron chi connectivity index (χ0n) is 9.60. The average molecular weight is 234 g/mol. The molecule has 0 aliphatic carbocycles. The number of anilines is 1. The minimum absolute atomic E-state index is 0.873. The van der Waals surface area contributed by atoms with Crippen molar-refractivity contribution in [2.24, 2.45) is 0 Å². The van der Waals surface area contributed by atoms with Crippen molar-refractivity contribution in [3.05, 3.63) is 30.5 Å². The lowest BCUT2D eigenvalue weighted by atomic mass is 10.2. The molecule has 0 amide bonds. The van der Waals surface area contributed by atoms with Crippen molar-refractivity contribution >= 4 is 16.5 Å². The SMILES string of the molecule is COc1cccc(-c2cnc(N(C)C)s2)c1. The molecule has 0 spiro atoms. The molecule has 1 heterocycles. The van der Waals surface area contributed by atoms with Gasteiger partial charge in [0.2, 0.25) is 0 Å². The molecular weight excluding hydrogens is 220 g/mol. The number of benzene rings is 1. The van der Waals surface area contributed by atoms with E-state index < -0.39 is 0 Å². The number of methoxy groups -OCH3 is 1. The molecule has 0 saturated carbocycles. The maximum absolute atomic E-state index is 5.20. The number of nitrogens with zero attached hydrogens (tertiary/aromatic N) is 2. The van der Waals surface area contributed by atoms with Gasteiger partial charge in [0, 0.05) is 20.3 Å². The molecule has 2 rings (SSSR count). The fraction of sp³-hybridized carbons (Fsp3) is 0.250. The first kappa shape index (κ1) is 11.0. The van der Waals surface area contributed by atoms with Gasteiger partial charge in [-0.25, -0.2) is 4.98 Å². The minimum Gasteiger partial charge on any atom is -0.497 e. The van der Waals surface area contributed by atoms with Gasteiger partial charge in [0.25, 0.3) is 0 Å². The third-order valence-corrected chi connectivity index (χ3v) is 3.44. The van der Waals surface area contributed by atoms with Crippen LogP contribution in [0.3, 0.4) is 0 Å². The van der Waals surface area contributed by atoms with Gasteiger partial charge in [-0.15, -0.1) is 0 Å². The molecule has 0 fully saturated rings. The van der Waals surface area contributed by atoms with Crippen LogP contribution in [0.5, 0.6) is 5.75 Å². The van der Waals surface area contributed by atoms with Crippen molar-refractivity contribution < 1.29 is 4.74 Å². The number of hydrogen-bond acceptors (Lipinski definition) is 4. The van der Waals surface area contributed by atoms with Gasteiger partial charge in [-0.2, -0.15) is 0 Å². The maximum Gasteiger partial charge on any atom is 0.185 e. The standard InChI is InChI=1S/C12H14N2OS/c1-14(2)12-13-8-11(16-12)9-5-4-6-10(7-9)15-3/h4-8H,1-3H3. The summed E-state index contributed by atoms with van der Waals surface area (Å²) in [5.74, 6) is 0.873. The van der Waals surface area contributed by atoms with E-state index in [4.69, 9.17) is 4.74 Å². The first-order valence-electron chi connectivity index (χ1n) is 4.98. The fourth-order valence-electron chi connectivity index (χ4n) is 1.38. The highest BCUT2D eigenvalue weighted by Gasteiger charge is 2.06. The van der Waals surface area contributed by atoms with Crippen molar-refractivity contribution in [1.82, 2.24) is 4.98 Å². The topological polar surface area (TPSA) is 25.4 Å². The Kier molecular flexibility index (Phi) is 3.10. The summed E-state index contributed by atoms with van der Waals surface area (Å²) in [6.07, 6.45) is 1.90. The molecule has 0 aliphatic rings. The summed E-state index contributed by atoms with van der Waals surface area (Å²) in [5, 5.41) is 1.01. The molecular formula is C12H14N2OS. The second-order valence-electron chi connectivity index (χ2n) is 3.63. The first-order chi connectivity index (χ1) is 7.70. The van der Waals surface area contributed by atoms with Gasteiger partial charge in [0.1, 0.15) is 5.75 Å². The lowest BCUT2D eigenvalue weighted by Gasteiger charge is -2.05. The highest BCUT2D eigenvalue weighted by molar-refractivity contribution is 7.18. The Morgan fingerprint density at radius 1 is 1.31 bits per heavy atom. The van der Waals surface area contributed by atoms with E-state index in [0.717, 1.165) is 21.3 Å². The van der Waals surface area contributed by atoms with E-state index in [1.54, 1.807) is 18.4 Å². The van der Waals surface area contributed by atoms with Gasteiger partial charge in [-0.05, 0) is 17.7 Å². The van der Waals surface area contributed by atoms with E-state index >= 15 is 0 Å². The lowest BCUT2D eigenvalue weighted by molar-refractivity contribution is 0.415. The Labute approximate surface area is 99.3 Å². The highest BCUT2D eigenvalue weighted by atomic mass is 32.1. The predicted octanol–water partition coefficient (Wildman–Crippen LogP) is 2.88. The van der Waals surface area contributed by atoms with E-state index in [1.165, 1.54) is 0 Å². The van der Waals surface area contributed by atoms with Crippen molar-refractivity contribution in [1.29, 1.82) is 0 Å². The van der Waals surface area contributed by atoms with Gasteiger partial charge in [-0.3, -0.25) is 0 Å². The van der Waals surface area contributed by atoms with E-state index in [2.05, 4.69) is 11.1 Å². The Hall–Kier alpha value is -1.55. The number of hydrogen-bond donors (Lipinski definition) is 0. The number of ether oxygens (including phenoxy) is 1. The van der Waals surface area contributed by atoms with Gasteiger partial charge >= 0.3 is 0 Å². The van der Waals surface area contributed by atoms with Crippen LogP contribution in [0.15, 0.2) is 30.5 Å². The number of rotatable bonds is 3. The van der Waals surface area contributed by atoms with E-state index in [9.17, 15) is 0 Å². The van der Waals surface area contributed by atoms with Crippen LogP contribution in [0.4, 0.5) is 5.13 Å². The van der Waals surface area contributed by atoms with Gasteiger partial charge < -0.3 is 9.64 Å². The molecule has 2 aromatic rings. The van der Waals surface area contributed by atoms with Crippen LogP contribution in [-0.2, 0) is 0 Å². The molecule has 0 aliphatic heterocycles.